The van der Waals surface area contributed by atoms with Crippen LogP contribution in [0.15, 0.2) is 0 Å². The van der Waals surface area contributed by atoms with Crippen LogP contribution in [0.5, 0.6) is 0 Å². The van der Waals surface area contributed by atoms with Gasteiger partial charge in [-0.2, -0.15) is 5.26 Å². The number of hydrogen-bond acceptors (Lipinski definition) is 2. The molecule has 0 unspecified atom stereocenters. The monoisotopic (exact) mass is 195 g/mol. The highest BCUT2D eigenvalue weighted by molar-refractivity contribution is 4.92. The summed E-state index contributed by atoms with van der Waals surface area (Å²) in [5, 5.41) is 8.89. The van der Waals surface area contributed by atoms with Gasteiger partial charge in [0.1, 0.15) is 0 Å². The summed E-state index contributed by atoms with van der Waals surface area (Å²) in [7, 11) is 0. The SMILES string of the molecule is CC(C)(C)CC1(CC#N)CCOCC1. The Morgan fingerprint density at radius 3 is 2.29 bits per heavy atom. The summed E-state index contributed by atoms with van der Waals surface area (Å²) < 4.78 is 5.38. The van der Waals surface area contributed by atoms with Crippen LogP contribution in [0.25, 0.3) is 0 Å². The molecule has 0 aromatic carbocycles. The van der Waals surface area contributed by atoms with Crippen LogP contribution < -0.4 is 0 Å². The van der Waals surface area contributed by atoms with Crippen molar-refractivity contribution >= 4 is 0 Å². The molecule has 0 N–H and O–H groups in total. The highest BCUT2D eigenvalue weighted by Gasteiger charge is 2.35. The summed E-state index contributed by atoms with van der Waals surface area (Å²) in [6.45, 7) is 8.42. The third-order valence-electron chi connectivity index (χ3n) is 2.91. The molecule has 1 fully saturated rings. The lowest BCUT2D eigenvalue weighted by molar-refractivity contribution is -0.00361. The molecule has 1 aliphatic rings. The average Bonchev–Trinajstić information content (AvgIpc) is 2.02. The van der Waals surface area contributed by atoms with E-state index in [4.69, 9.17) is 10.00 Å². The molecule has 0 bridgehead atoms. The zero-order valence-electron chi connectivity index (χ0n) is 9.60. The fraction of sp³-hybridized carbons (Fsp3) is 0.917. The lowest BCUT2D eigenvalue weighted by Gasteiger charge is -2.40. The molecule has 0 atom stereocenters. The van der Waals surface area contributed by atoms with Crippen LogP contribution in [0, 0.1) is 22.2 Å². The fourth-order valence-corrected chi connectivity index (χ4v) is 2.51. The number of nitriles is 1. The molecule has 0 spiro atoms. The molecule has 0 aromatic heterocycles. The Bertz CT molecular complexity index is 215. The van der Waals surface area contributed by atoms with Gasteiger partial charge in [0.15, 0.2) is 0 Å². The zero-order valence-corrected chi connectivity index (χ0v) is 9.60. The van der Waals surface area contributed by atoms with E-state index >= 15 is 0 Å². The molecule has 1 rings (SSSR count). The van der Waals surface area contributed by atoms with Gasteiger partial charge in [0, 0.05) is 19.6 Å². The van der Waals surface area contributed by atoms with Gasteiger partial charge in [-0.15, -0.1) is 0 Å². The van der Waals surface area contributed by atoms with E-state index in [0.717, 1.165) is 32.5 Å². The Morgan fingerprint density at radius 1 is 1.29 bits per heavy atom. The van der Waals surface area contributed by atoms with Crippen LogP contribution in [0.1, 0.15) is 46.5 Å². The summed E-state index contributed by atoms with van der Waals surface area (Å²) in [5.74, 6) is 0. The molecule has 2 nitrogen and oxygen atoms in total. The van der Waals surface area contributed by atoms with Crippen molar-refractivity contribution in [1.29, 1.82) is 5.26 Å². The normalized spacial score (nSPS) is 21.6. The van der Waals surface area contributed by atoms with E-state index in [1.54, 1.807) is 0 Å². The third-order valence-corrected chi connectivity index (χ3v) is 2.91. The van der Waals surface area contributed by atoms with Crippen molar-refractivity contribution in [2.24, 2.45) is 10.8 Å². The van der Waals surface area contributed by atoms with Crippen molar-refractivity contribution in [1.82, 2.24) is 0 Å². The predicted molar refractivity (Wildman–Crippen MR) is 56.8 cm³/mol. The van der Waals surface area contributed by atoms with E-state index in [1.165, 1.54) is 0 Å². The maximum absolute atomic E-state index is 8.89. The highest BCUT2D eigenvalue weighted by Crippen LogP contribution is 2.43. The van der Waals surface area contributed by atoms with Crippen LogP contribution in [-0.4, -0.2) is 13.2 Å². The number of hydrogen-bond donors (Lipinski definition) is 0. The molecule has 0 aliphatic carbocycles. The Hall–Kier alpha value is -0.550. The Morgan fingerprint density at radius 2 is 1.86 bits per heavy atom. The van der Waals surface area contributed by atoms with E-state index in [-0.39, 0.29) is 5.41 Å². The van der Waals surface area contributed by atoms with Gasteiger partial charge in [0.05, 0.1) is 6.07 Å². The Labute approximate surface area is 87.3 Å². The summed E-state index contributed by atoms with van der Waals surface area (Å²) in [6.07, 6.45) is 3.93. The summed E-state index contributed by atoms with van der Waals surface area (Å²) in [6, 6.07) is 2.35. The number of ether oxygens (including phenoxy) is 1. The summed E-state index contributed by atoms with van der Waals surface area (Å²) >= 11 is 0. The molecule has 1 saturated heterocycles. The third kappa shape index (κ3) is 3.31. The second-order valence-corrected chi connectivity index (χ2v) is 5.68. The van der Waals surface area contributed by atoms with E-state index in [0.29, 0.717) is 11.8 Å². The van der Waals surface area contributed by atoms with Crippen molar-refractivity contribution in [3.8, 4) is 6.07 Å². The van der Waals surface area contributed by atoms with Crippen LogP contribution in [0.3, 0.4) is 0 Å². The first-order chi connectivity index (χ1) is 6.47. The lowest BCUT2D eigenvalue weighted by Crippen LogP contribution is -2.33. The first-order valence-corrected chi connectivity index (χ1v) is 5.42. The van der Waals surface area contributed by atoms with Gasteiger partial charge < -0.3 is 4.74 Å². The second kappa shape index (κ2) is 4.31. The van der Waals surface area contributed by atoms with Gasteiger partial charge in [-0.05, 0) is 30.1 Å². The number of nitrogens with zero attached hydrogens (tertiary/aromatic N) is 1. The van der Waals surface area contributed by atoms with Crippen molar-refractivity contribution < 1.29 is 4.74 Å². The zero-order chi connectivity index (χ0) is 10.7. The molecule has 2 heteroatoms. The van der Waals surface area contributed by atoms with Crippen LogP contribution >= 0.6 is 0 Å². The maximum atomic E-state index is 8.89. The Kier molecular flexibility index (Phi) is 3.55. The Balaban J connectivity index is 2.66. The summed E-state index contributed by atoms with van der Waals surface area (Å²) in [5.41, 5.74) is 0.541. The second-order valence-electron chi connectivity index (χ2n) is 5.68. The predicted octanol–water partition coefficient (Wildman–Crippen LogP) is 3.13. The van der Waals surface area contributed by atoms with Gasteiger partial charge in [-0.3, -0.25) is 0 Å². The van der Waals surface area contributed by atoms with Crippen LogP contribution in [0.4, 0.5) is 0 Å². The smallest absolute Gasteiger partial charge is 0.0627 e. The number of rotatable bonds is 2. The van der Waals surface area contributed by atoms with E-state index in [1.807, 2.05) is 0 Å². The average molecular weight is 195 g/mol. The first-order valence-electron chi connectivity index (χ1n) is 5.42. The largest absolute Gasteiger partial charge is 0.381 e. The lowest BCUT2D eigenvalue weighted by atomic mass is 9.68. The minimum absolute atomic E-state index is 0.227. The molecule has 80 valence electrons. The van der Waals surface area contributed by atoms with Gasteiger partial charge >= 0.3 is 0 Å². The standard InChI is InChI=1S/C12H21NO/c1-11(2,3)10-12(4-7-13)5-8-14-9-6-12/h4-6,8-10H2,1-3H3. The quantitative estimate of drug-likeness (QED) is 0.678. The molecular formula is C12H21NO. The summed E-state index contributed by atoms with van der Waals surface area (Å²) in [4.78, 5) is 0. The van der Waals surface area contributed by atoms with Gasteiger partial charge in [0.2, 0.25) is 0 Å². The molecule has 0 aromatic rings. The van der Waals surface area contributed by atoms with Crippen LogP contribution in [-0.2, 0) is 4.74 Å². The van der Waals surface area contributed by atoms with Crippen molar-refractivity contribution in [2.45, 2.75) is 46.5 Å². The minimum atomic E-state index is 0.227. The molecule has 0 saturated carbocycles. The van der Waals surface area contributed by atoms with Crippen molar-refractivity contribution in [3.63, 3.8) is 0 Å². The molecular weight excluding hydrogens is 174 g/mol. The fourth-order valence-electron chi connectivity index (χ4n) is 2.51. The minimum Gasteiger partial charge on any atom is -0.381 e. The van der Waals surface area contributed by atoms with Crippen molar-refractivity contribution in [2.75, 3.05) is 13.2 Å². The highest BCUT2D eigenvalue weighted by atomic mass is 16.5. The maximum Gasteiger partial charge on any atom is 0.0627 e. The molecule has 1 heterocycles. The van der Waals surface area contributed by atoms with E-state index in [9.17, 15) is 0 Å². The van der Waals surface area contributed by atoms with Crippen LogP contribution in [0.2, 0.25) is 0 Å². The first kappa shape index (κ1) is 11.5. The molecule has 14 heavy (non-hydrogen) atoms. The van der Waals surface area contributed by atoms with Crippen molar-refractivity contribution in [3.05, 3.63) is 0 Å². The topological polar surface area (TPSA) is 33.0 Å². The van der Waals surface area contributed by atoms with Gasteiger partial charge in [-0.25, -0.2) is 0 Å². The van der Waals surface area contributed by atoms with Gasteiger partial charge in [0.25, 0.3) is 0 Å². The molecule has 0 radical (unpaired) electrons. The van der Waals surface area contributed by atoms with E-state index in [2.05, 4.69) is 26.8 Å². The van der Waals surface area contributed by atoms with E-state index < -0.39 is 0 Å². The molecule has 1 aliphatic heterocycles. The molecule has 0 amide bonds. The van der Waals surface area contributed by atoms with Gasteiger partial charge in [-0.1, -0.05) is 20.8 Å².